The SMILES string of the molecule is CSC1=C(C=O)C2C(=O)C(=O)C1c1ccccc12.CSc1cc2c(cc1C=O)C(C(=O)C(C)=O)C=CC2. The number of rotatable bonds is 6. The van der Waals surface area contributed by atoms with Crippen LogP contribution in [0.1, 0.15) is 57.3 Å². The monoisotopic (exact) mass is 532 g/mol. The Kier molecular flexibility index (Phi) is 7.90. The fourth-order valence-corrected chi connectivity index (χ4v) is 6.59. The van der Waals surface area contributed by atoms with Gasteiger partial charge in [-0.1, -0.05) is 36.4 Å². The molecule has 2 bridgehead atoms. The normalized spacial score (nSPS) is 21.0. The van der Waals surface area contributed by atoms with Gasteiger partial charge in [-0.15, -0.1) is 23.5 Å². The predicted molar refractivity (Wildman–Crippen MR) is 143 cm³/mol. The molecule has 0 radical (unpaired) electrons. The van der Waals surface area contributed by atoms with Crippen molar-refractivity contribution in [2.24, 2.45) is 0 Å². The Morgan fingerprint density at radius 2 is 1.54 bits per heavy atom. The summed E-state index contributed by atoms with van der Waals surface area (Å²) in [6, 6.07) is 11.1. The second-order valence-electron chi connectivity index (χ2n) is 8.81. The van der Waals surface area contributed by atoms with Crippen LogP contribution in [0.2, 0.25) is 0 Å². The summed E-state index contributed by atoms with van der Waals surface area (Å²) in [4.78, 5) is 71.3. The molecular weight excluding hydrogens is 508 g/mol. The maximum Gasteiger partial charge on any atom is 0.211 e. The molecule has 8 heteroatoms. The van der Waals surface area contributed by atoms with Crippen LogP contribution in [0.3, 0.4) is 0 Å². The number of allylic oxidation sites excluding steroid dienone is 4. The number of aldehydes is 2. The van der Waals surface area contributed by atoms with Gasteiger partial charge in [0.25, 0.3) is 0 Å². The molecule has 6 rings (SSSR count). The molecule has 3 atom stereocenters. The van der Waals surface area contributed by atoms with Crippen LogP contribution in [0.15, 0.2) is 63.9 Å². The molecule has 6 nitrogen and oxygen atoms in total. The van der Waals surface area contributed by atoms with Crippen molar-refractivity contribution < 1.29 is 28.8 Å². The van der Waals surface area contributed by atoms with E-state index in [-0.39, 0.29) is 5.78 Å². The van der Waals surface area contributed by atoms with Crippen molar-refractivity contribution in [1.82, 2.24) is 0 Å². The van der Waals surface area contributed by atoms with E-state index in [1.807, 2.05) is 48.9 Å². The summed E-state index contributed by atoms with van der Waals surface area (Å²) in [6.07, 6.45) is 9.64. The molecule has 0 aliphatic heterocycles. The zero-order valence-corrected chi connectivity index (χ0v) is 22.1. The van der Waals surface area contributed by atoms with Gasteiger partial charge in [-0.25, -0.2) is 0 Å². The summed E-state index contributed by atoms with van der Waals surface area (Å²) in [6.45, 7) is 1.28. The highest BCUT2D eigenvalue weighted by atomic mass is 32.2. The minimum absolute atomic E-state index is 0.381. The smallest absolute Gasteiger partial charge is 0.211 e. The fraction of sp³-hybridized carbons (Fsp3) is 0.241. The molecule has 0 N–H and O–H groups in total. The Labute approximate surface area is 223 Å². The Bertz CT molecular complexity index is 1420. The Morgan fingerprint density at radius 1 is 0.892 bits per heavy atom. The molecular formula is C29H24O6S2. The van der Waals surface area contributed by atoms with Crippen LogP contribution >= 0.6 is 23.5 Å². The van der Waals surface area contributed by atoms with Crippen molar-refractivity contribution in [3.05, 3.63) is 86.8 Å². The van der Waals surface area contributed by atoms with Crippen LogP contribution in [0, 0.1) is 0 Å². The summed E-state index contributed by atoms with van der Waals surface area (Å²) < 4.78 is 0. The standard InChI is InChI=1S/C15H14O3S.C14H10O3S/c1-9(17)15(18)12-5-3-4-10-7-14(19-2)11(8-16)6-13(10)12;1-18-14-9(6-15)10-7-4-2-3-5-8(7)11(14)13(17)12(10)16/h3,5-8,12H,4H2,1-2H3;2-6,10-11H,1H3. The van der Waals surface area contributed by atoms with Crippen LogP contribution in [-0.4, -0.2) is 48.2 Å². The molecule has 2 aromatic rings. The van der Waals surface area contributed by atoms with Gasteiger partial charge in [0.05, 0.1) is 17.8 Å². The van der Waals surface area contributed by atoms with E-state index in [1.165, 1.54) is 30.4 Å². The highest BCUT2D eigenvalue weighted by Gasteiger charge is 2.49. The molecule has 0 aromatic heterocycles. The van der Waals surface area contributed by atoms with Gasteiger partial charge in [-0.3, -0.25) is 28.8 Å². The van der Waals surface area contributed by atoms with Crippen molar-refractivity contribution in [3.8, 4) is 0 Å². The van der Waals surface area contributed by atoms with Gasteiger partial charge in [-0.05, 0) is 53.3 Å². The van der Waals surface area contributed by atoms with Crippen molar-refractivity contribution >= 4 is 59.2 Å². The highest BCUT2D eigenvalue weighted by molar-refractivity contribution is 8.02. The molecule has 4 aliphatic rings. The lowest BCUT2D eigenvalue weighted by molar-refractivity contribution is -0.138. The zero-order valence-electron chi connectivity index (χ0n) is 20.5. The van der Waals surface area contributed by atoms with Gasteiger partial charge in [0.1, 0.15) is 6.29 Å². The maximum atomic E-state index is 12.1. The molecule has 0 saturated heterocycles. The summed E-state index contributed by atoms with van der Waals surface area (Å²) in [5, 5.41) is 0. The molecule has 37 heavy (non-hydrogen) atoms. The van der Waals surface area contributed by atoms with Crippen LogP contribution in [0.25, 0.3) is 0 Å². The lowest BCUT2D eigenvalue weighted by atomic mass is 9.66. The second kappa shape index (κ2) is 10.9. The second-order valence-corrected chi connectivity index (χ2v) is 10.5. The van der Waals surface area contributed by atoms with Gasteiger partial charge in [0.15, 0.2) is 12.1 Å². The number of carbonyl (C=O) groups is 6. The number of ketones is 4. The largest absolute Gasteiger partial charge is 0.298 e. The quantitative estimate of drug-likeness (QED) is 0.233. The molecule has 188 valence electrons. The highest BCUT2D eigenvalue weighted by Crippen LogP contribution is 2.51. The van der Waals surface area contributed by atoms with Gasteiger partial charge in [0.2, 0.25) is 17.3 Å². The third kappa shape index (κ3) is 4.60. The number of thioether (sulfide) groups is 2. The molecule has 0 heterocycles. The van der Waals surface area contributed by atoms with E-state index >= 15 is 0 Å². The zero-order chi connectivity index (χ0) is 26.9. The van der Waals surface area contributed by atoms with Gasteiger partial charge in [0, 0.05) is 27.9 Å². The molecule has 4 aliphatic carbocycles. The molecule has 0 saturated carbocycles. The molecule has 3 unspecified atom stereocenters. The Balaban J connectivity index is 0.000000173. The first-order valence-electron chi connectivity index (χ1n) is 11.6. The summed E-state index contributed by atoms with van der Waals surface area (Å²) in [5.41, 5.74) is 4.52. The average molecular weight is 533 g/mol. The van der Waals surface area contributed by atoms with Gasteiger partial charge in [-0.2, -0.15) is 0 Å². The van der Waals surface area contributed by atoms with E-state index in [4.69, 9.17) is 0 Å². The van der Waals surface area contributed by atoms with Crippen molar-refractivity contribution in [2.45, 2.75) is 36.0 Å². The third-order valence-electron chi connectivity index (χ3n) is 6.84. The topological polar surface area (TPSA) is 102 Å². The summed E-state index contributed by atoms with van der Waals surface area (Å²) in [7, 11) is 0. The number of Topliss-reactive ketones (excluding diaryl/α,β-unsaturated/α-hetero) is 4. The first-order chi connectivity index (χ1) is 17.8. The van der Waals surface area contributed by atoms with Crippen LogP contribution in [0.4, 0.5) is 0 Å². The van der Waals surface area contributed by atoms with Crippen LogP contribution in [-0.2, 0) is 30.4 Å². The minimum Gasteiger partial charge on any atom is -0.298 e. The van der Waals surface area contributed by atoms with Crippen LogP contribution < -0.4 is 0 Å². The van der Waals surface area contributed by atoms with E-state index in [1.54, 1.807) is 12.1 Å². The van der Waals surface area contributed by atoms with E-state index in [0.717, 1.165) is 51.0 Å². The average Bonchev–Trinajstić information content (AvgIpc) is 2.93. The van der Waals surface area contributed by atoms with Crippen molar-refractivity contribution in [1.29, 1.82) is 0 Å². The lowest BCUT2D eigenvalue weighted by Gasteiger charge is -2.37. The Hall–Kier alpha value is -3.36. The fourth-order valence-electron chi connectivity index (χ4n) is 5.12. The summed E-state index contributed by atoms with van der Waals surface area (Å²) >= 11 is 2.89. The number of benzene rings is 2. The first kappa shape index (κ1) is 26.7. The van der Waals surface area contributed by atoms with Gasteiger partial charge < -0.3 is 0 Å². The van der Waals surface area contributed by atoms with Crippen LogP contribution in [0.5, 0.6) is 0 Å². The number of carbonyl (C=O) groups excluding carboxylic acids is 6. The minimum atomic E-state index is -0.682. The predicted octanol–water partition coefficient (Wildman–Crippen LogP) is 4.41. The molecule has 0 fully saturated rings. The molecule has 0 spiro atoms. The first-order valence-corrected chi connectivity index (χ1v) is 14.0. The number of fused-ring (bicyclic) bond motifs is 2. The van der Waals surface area contributed by atoms with E-state index in [9.17, 15) is 28.8 Å². The Morgan fingerprint density at radius 3 is 2.11 bits per heavy atom. The molecule has 0 amide bonds. The van der Waals surface area contributed by atoms with Crippen molar-refractivity contribution in [3.63, 3.8) is 0 Å². The molecule has 2 aromatic carbocycles. The lowest BCUT2D eigenvalue weighted by Crippen LogP contribution is -2.40. The van der Waals surface area contributed by atoms with E-state index < -0.39 is 35.1 Å². The van der Waals surface area contributed by atoms with Gasteiger partial charge >= 0.3 is 0 Å². The summed E-state index contributed by atoms with van der Waals surface area (Å²) in [5.74, 6) is -3.49. The number of hydrogen-bond acceptors (Lipinski definition) is 8. The van der Waals surface area contributed by atoms with E-state index in [2.05, 4.69) is 0 Å². The van der Waals surface area contributed by atoms with Crippen molar-refractivity contribution in [2.75, 3.05) is 12.5 Å². The number of hydrogen-bond donors (Lipinski definition) is 0. The maximum absolute atomic E-state index is 12.1. The van der Waals surface area contributed by atoms with E-state index in [0.29, 0.717) is 11.1 Å². The third-order valence-corrected chi connectivity index (χ3v) is 8.54.